The van der Waals surface area contributed by atoms with Gasteiger partial charge in [-0.05, 0) is 42.7 Å². The van der Waals surface area contributed by atoms with E-state index in [-0.39, 0.29) is 0 Å². The number of hydrogen-bond donors (Lipinski definition) is 1. The lowest BCUT2D eigenvalue weighted by Gasteiger charge is -2.10. The molecule has 0 aliphatic carbocycles. The second kappa shape index (κ2) is 6.79. The van der Waals surface area contributed by atoms with Crippen LogP contribution in [0.25, 0.3) is 28.2 Å². The van der Waals surface area contributed by atoms with Crippen molar-refractivity contribution in [3.8, 4) is 17.1 Å². The highest BCUT2D eigenvalue weighted by molar-refractivity contribution is 7.98. The van der Waals surface area contributed by atoms with Crippen LogP contribution in [0.15, 0.2) is 53.7 Å². The van der Waals surface area contributed by atoms with Crippen molar-refractivity contribution in [2.24, 2.45) is 0 Å². The summed E-state index contributed by atoms with van der Waals surface area (Å²) in [7, 11) is 0. The third-order valence-corrected chi connectivity index (χ3v) is 5.02. The Bertz CT molecular complexity index is 1110. The van der Waals surface area contributed by atoms with Gasteiger partial charge in [0.15, 0.2) is 22.1 Å². The first-order chi connectivity index (χ1) is 12.6. The summed E-state index contributed by atoms with van der Waals surface area (Å²) in [6.45, 7) is 0. The normalized spacial score (nSPS) is 11.2. The van der Waals surface area contributed by atoms with Gasteiger partial charge in [0.05, 0.1) is 5.02 Å². The summed E-state index contributed by atoms with van der Waals surface area (Å²) >= 11 is 13.9. The number of nitrogens with zero attached hydrogens (tertiary/aromatic N) is 4. The predicted molar refractivity (Wildman–Crippen MR) is 108 cm³/mol. The number of anilines is 1. The van der Waals surface area contributed by atoms with Crippen molar-refractivity contribution in [1.29, 1.82) is 0 Å². The molecule has 2 aromatic heterocycles. The van der Waals surface area contributed by atoms with E-state index in [0.717, 1.165) is 11.3 Å². The topological polar surface area (TPSA) is 69.6 Å². The van der Waals surface area contributed by atoms with Crippen LogP contribution < -0.4 is 5.73 Å². The predicted octanol–water partition coefficient (Wildman–Crippen LogP) is 5.09. The van der Waals surface area contributed by atoms with E-state index in [0.29, 0.717) is 38.0 Å². The Labute approximate surface area is 164 Å². The molecular weight excluding hydrogens is 389 g/mol. The number of benzene rings is 2. The molecule has 8 heteroatoms. The van der Waals surface area contributed by atoms with Crippen molar-refractivity contribution >= 4 is 51.9 Å². The first-order valence-corrected chi connectivity index (χ1v) is 9.67. The van der Waals surface area contributed by atoms with Crippen molar-refractivity contribution in [2.45, 2.75) is 5.16 Å². The highest BCUT2D eigenvalue weighted by Gasteiger charge is 2.20. The number of fused-ring (bicyclic) bond motifs is 1. The van der Waals surface area contributed by atoms with Crippen LogP contribution in [0.5, 0.6) is 0 Å². The van der Waals surface area contributed by atoms with E-state index >= 15 is 0 Å². The molecule has 0 saturated carbocycles. The van der Waals surface area contributed by atoms with Crippen LogP contribution in [0.4, 0.5) is 5.82 Å². The van der Waals surface area contributed by atoms with Crippen LogP contribution in [0, 0.1) is 0 Å². The first-order valence-electron chi connectivity index (χ1n) is 7.69. The van der Waals surface area contributed by atoms with Crippen molar-refractivity contribution < 1.29 is 0 Å². The second-order valence-corrected chi connectivity index (χ2v) is 7.11. The molecule has 0 aliphatic heterocycles. The Morgan fingerprint density at radius 3 is 2.38 bits per heavy atom. The summed E-state index contributed by atoms with van der Waals surface area (Å²) in [6, 6.07) is 15.0. The molecule has 5 nitrogen and oxygen atoms in total. The molecule has 130 valence electrons. The number of nitrogen functional groups attached to an aromatic ring is 1. The lowest BCUT2D eigenvalue weighted by atomic mass is 10.2. The fraction of sp³-hybridized carbons (Fsp3) is 0.0556. The lowest BCUT2D eigenvalue weighted by Crippen LogP contribution is -2.01. The van der Waals surface area contributed by atoms with E-state index in [2.05, 4.69) is 9.97 Å². The zero-order valence-electron chi connectivity index (χ0n) is 13.6. The molecule has 0 fully saturated rings. The van der Waals surface area contributed by atoms with Crippen LogP contribution in [0.3, 0.4) is 0 Å². The van der Waals surface area contributed by atoms with Crippen LogP contribution in [-0.2, 0) is 0 Å². The fourth-order valence-corrected chi connectivity index (χ4v) is 3.42. The maximum Gasteiger partial charge on any atom is 0.191 e. The van der Waals surface area contributed by atoms with Gasteiger partial charge in [-0.3, -0.25) is 4.57 Å². The first kappa shape index (κ1) is 17.1. The summed E-state index contributed by atoms with van der Waals surface area (Å²) in [5.41, 5.74) is 8.94. The number of aromatic nitrogens is 4. The van der Waals surface area contributed by atoms with Gasteiger partial charge in [-0.2, -0.15) is 0 Å². The molecule has 0 atom stereocenters. The van der Waals surface area contributed by atoms with Gasteiger partial charge in [0.2, 0.25) is 0 Å². The number of thioether (sulfide) groups is 1. The largest absolute Gasteiger partial charge is 0.382 e. The van der Waals surface area contributed by atoms with Crippen LogP contribution in [0.2, 0.25) is 10.0 Å². The fourth-order valence-electron chi connectivity index (χ4n) is 2.71. The van der Waals surface area contributed by atoms with Gasteiger partial charge in [0, 0.05) is 16.3 Å². The van der Waals surface area contributed by atoms with Crippen molar-refractivity contribution in [3.05, 3.63) is 58.6 Å². The molecule has 0 saturated heterocycles. The van der Waals surface area contributed by atoms with E-state index < -0.39 is 0 Å². The zero-order chi connectivity index (χ0) is 18.3. The van der Waals surface area contributed by atoms with Gasteiger partial charge < -0.3 is 5.73 Å². The minimum Gasteiger partial charge on any atom is -0.382 e. The molecule has 0 unspecified atom stereocenters. The number of hydrogen-bond acceptors (Lipinski definition) is 5. The second-order valence-electron chi connectivity index (χ2n) is 5.49. The monoisotopic (exact) mass is 401 g/mol. The molecule has 4 aromatic rings. The molecule has 0 bridgehead atoms. The third-order valence-electron chi connectivity index (χ3n) is 3.90. The van der Waals surface area contributed by atoms with Crippen molar-refractivity contribution in [3.63, 3.8) is 0 Å². The third kappa shape index (κ3) is 2.90. The Hall–Kier alpha value is -2.28. The molecule has 2 heterocycles. The van der Waals surface area contributed by atoms with Crippen molar-refractivity contribution in [2.75, 3.05) is 12.0 Å². The Kier molecular flexibility index (Phi) is 4.48. The molecule has 0 aliphatic rings. The molecule has 2 N–H and O–H groups in total. The van der Waals surface area contributed by atoms with Gasteiger partial charge in [-0.15, -0.1) is 0 Å². The smallest absolute Gasteiger partial charge is 0.191 e. The maximum absolute atomic E-state index is 6.42. The number of halogens is 2. The average Bonchev–Trinajstić information content (AvgIpc) is 3.02. The van der Waals surface area contributed by atoms with E-state index in [1.807, 2.05) is 59.4 Å². The van der Waals surface area contributed by atoms with E-state index in [1.165, 1.54) is 11.8 Å². The number of nitrogens with two attached hydrogens (primary N) is 1. The SMILES string of the molecule is CSc1nc(N)c2nc(-c3ccccc3Cl)n(-c3ccc(Cl)cc3)c2n1. The minimum atomic E-state index is 0.334. The molecular formula is C18H13Cl2N5S. The molecule has 0 spiro atoms. The lowest BCUT2D eigenvalue weighted by molar-refractivity contribution is 0.978. The maximum atomic E-state index is 6.42. The van der Waals surface area contributed by atoms with E-state index in [4.69, 9.17) is 33.9 Å². The number of imidazole rings is 1. The van der Waals surface area contributed by atoms with Gasteiger partial charge in [-0.25, -0.2) is 15.0 Å². The highest BCUT2D eigenvalue weighted by atomic mass is 35.5. The van der Waals surface area contributed by atoms with Gasteiger partial charge in [0.1, 0.15) is 5.82 Å². The van der Waals surface area contributed by atoms with E-state index in [1.54, 1.807) is 0 Å². The van der Waals surface area contributed by atoms with E-state index in [9.17, 15) is 0 Å². The Balaban J connectivity index is 2.11. The van der Waals surface area contributed by atoms with Gasteiger partial charge in [-0.1, -0.05) is 47.1 Å². The van der Waals surface area contributed by atoms with Crippen molar-refractivity contribution in [1.82, 2.24) is 19.5 Å². The summed E-state index contributed by atoms with van der Waals surface area (Å²) in [6.07, 6.45) is 1.90. The summed E-state index contributed by atoms with van der Waals surface area (Å²) in [4.78, 5) is 13.6. The summed E-state index contributed by atoms with van der Waals surface area (Å²) < 4.78 is 1.92. The van der Waals surface area contributed by atoms with Crippen LogP contribution in [-0.4, -0.2) is 25.8 Å². The molecule has 4 rings (SSSR count). The summed E-state index contributed by atoms with van der Waals surface area (Å²) in [5.74, 6) is 0.979. The quantitative estimate of drug-likeness (QED) is 0.382. The standard InChI is InChI=1S/C18H13Cl2N5S/c1-26-18-23-15(21)14-17(24-18)25(11-8-6-10(19)7-9-11)16(22-14)12-4-2-3-5-13(12)20/h2-9H,1H3,(H2,21,23,24). The zero-order valence-corrected chi connectivity index (χ0v) is 16.0. The molecule has 0 radical (unpaired) electrons. The van der Waals surface area contributed by atoms with Crippen LogP contribution in [0.1, 0.15) is 0 Å². The minimum absolute atomic E-state index is 0.334. The molecule has 0 amide bonds. The highest BCUT2D eigenvalue weighted by Crippen LogP contribution is 2.34. The Morgan fingerprint density at radius 2 is 1.69 bits per heavy atom. The summed E-state index contributed by atoms with van der Waals surface area (Å²) in [5, 5.41) is 1.82. The average molecular weight is 402 g/mol. The van der Waals surface area contributed by atoms with Gasteiger partial charge >= 0.3 is 0 Å². The van der Waals surface area contributed by atoms with Gasteiger partial charge in [0.25, 0.3) is 0 Å². The molecule has 2 aromatic carbocycles. The molecule has 26 heavy (non-hydrogen) atoms. The Morgan fingerprint density at radius 1 is 0.962 bits per heavy atom. The number of rotatable bonds is 3. The van der Waals surface area contributed by atoms with Crippen LogP contribution >= 0.6 is 35.0 Å².